The van der Waals surface area contributed by atoms with Gasteiger partial charge in [-0.25, -0.2) is 4.39 Å². The second-order valence-corrected chi connectivity index (χ2v) is 4.80. The summed E-state index contributed by atoms with van der Waals surface area (Å²) < 4.78 is 18.7. The molecule has 1 fully saturated rings. The molecule has 1 N–H and O–H groups in total. The lowest BCUT2D eigenvalue weighted by atomic mass is 10.1. The Morgan fingerprint density at radius 3 is 3.11 bits per heavy atom. The summed E-state index contributed by atoms with van der Waals surface area (Å²) in [4.78, 5) is 13.8. The number of ether oxygens (including phenoxy) is 1. The number of hydrogen-bond donors (Lipinski definition) is 1. The zero-order chi connectivity index (χ0) is 13.1. The maximum Gasteiger partial charge on any atom is 0.255 e. The molecule has 1 aliphatic rings. The predicted molar refractivity (Wildman–Crippen MR) is 66.8 cm³/mol. The molecule has 1 saturated heterocycles. The van der Waals surface area contributed by atoms with Gasteiger partial charge in [0.25, 0.3) is 5.91 Å². The van der Waals surface area contributed by atoms with Gasteiger partial charge in [0.1, 0.15) is 5.82 Å². The van der Waals surface area contributed by atoms with Gasteiger partial charge in [0.15, 0.2) is 0 Å². The Balaban J connectivity index is 2.27. The van der Waals surface area contributed by atoms with Gasteiger partial charge in [-0.2, -0.15) is 0 Å². The molecule has 1 aromatic carbocycles. The first kappa shape index (κ1) is 13.5. The highest BCUT2D eigenvalue weighted by molar-refractivity contribution is 9.10. The predicted octanol–water partition coefficient (Wildman–Crippen LogP) is 1.42. The molecule has 0 saturated carbocycles. The molecule has 1 atom stereocenters. The molecule has 1 unspecified atom stereocenters. The van der Waals surface area contributed by atoms with Crippen molar-refractivity contribution in [3.8, 4) is 0 Å². The Morgan fingerprint density at radius 1 is 1.61 bits per heavy atom. The van der Waals surface area contributed by atoms with Gasteiger partial charge < -0.3 is 14.7 Å². The molecule has 1 heterocycles. The van der Waals surface area contributed by atoms with Crippen LogP contribution in [0.25, 0.3) is 0 Å². The summed E-state index contributed by atoms with van der Waals surface area (Å²) in [6, 6.07) is 3.95. The lowest BCUT2D eigenvalue weighted by molar-refractivity contribution is -0.0184. The monoisotopic (exact) mass is 317 g/mol. The van der Waals surface area contributed by atoms with E-state index in [-0.39, 0.29) is 28.6 Å². The zero-order valence-corrected chi connectivity index (χ0v) is 11.2. The fourth-order valence-corrected chi connectivity index (χ4v) is 2.33. The van der Waals surface area contributed by atoms with E-state index >= 15 is 0 Å². The van der Waals surface area contributed by atoms with Gasteiger partial charge in [-0.3, -0.25) is 4.79 Å². The van der Waals surface area contributed by atoms with Crippen LogP contribution in [0.2, 0.25) is 0 Å². The van der Waals surface area contributed by atoms with Crippen molar-refractivity contribution in [3.05, 3.63) is 34.1 Å². The molecule has 0 bridgehead atoms. The first-order valence-electron chi connectivity index (χ1n) is 5.58. The average molecular weight is 318 g/mol. The number of benzene rings is 1. The number of amides is 1. The Bertz CT molecular complexity index is 455. The minimum Gasteiger partial charge on any atom is -0.394 e. The summed E-state index contributed by atoms with van der Waals surface area (Å²) in [5.74, 6) is -0.779. The molecule has 98 valence electrons. The maximum absolute atomic E-state index is 13.4. The van der Waals surface area contributed by atoms with Crippen molar-refractivity contribution in [2.75, 3.05) is 26.4 Å². The van der Waals surface area contributed by atoms with Crippen molar-refractivity contribution in [1.29, 1.82) is 0 Å². The van der Waals surface area contributed by atoms with E-state index in [9.17, 15) is 14.3 Å². The standard InChI is InChI=1S/C12H13BrFNO3/c13-11-9(2-1-3-10(11)14)12(17)15-4-5-18-7-8(15)6-16/h1-3,8,16H,4-7H2. The van der Waals surface area contributed by atoms with E-state index in [1.54, 1.807) is 6.07 Å². The van der Waals surface area contributed by atoms with E-state index in [4.69, 9.17) is 4.74 Å². The van der Waals surface area contributed by atoms with Gasteiger partial charge in [0, 0.05) is 6.54 Å². The van der Waals surface area contributed by atoms with Gasteiger partial charge in [-0.05, 0) is 28.1 Å². The van der Waals surface area contributed by atoms with Crippen molar-refractivity contribution < 1.29 is 19.0 Å². The van der Waals surface area contributed by atoms with Crippen LogP contribution in [0, 0.1) is 5.82 Å². The summed E-state index contributed by atoms with van der Waals surface area (Å²) >= 11 is 3.07. The molecule has 0 spiro atoms. The summed E-state index contributed by atoms with van der Waals surface area (Å²) in [6.07, 6.45) is 0. The number of halogens is 2. The minimum atomic E-state index is -0.477. The van der Waals surface area contributed by atoms with Gasteiger partial charge in [0.2, 0.25) is 0 Å². The summed E-state index contributed by atoms with van der Waals surface area (Å²) in [7, 11) is 0. The van der Waals surface area contributed by atoms with Crippen LogP contribution in [0.4, 0.5) is 4.39 Å². The van der Waals surface area contributed by atoms with E-state index < -0.39 is 5.82 Å². The van der Waals surface area contributed by atoms with E-state index in [0.29, 0.717) is 19.8 Å². The normalized spacial score (nSPS) is 19.9. The molecule has 1 aromatic rings. The first-order valence-corrected chi connectivity index (χ1v) is 6.38. The highest BCUT2D eigenvalue weighted by Crippen LogP contribution is 2.23. The quantitative estimate of drug-likeness (QED) is 0.897. The van der Waals surface area contributed by atoms with Crippen molar-refractivity contribution in [1.82, 2.24) is 4.90 Å². The van der Waals surface area contributed by atoms with Crippen LogP contribution in [0.5, 0.6) is 0 Å². The third-order valence-electron chi connectivity index (χ3n) is 2.88. The lowest BCUT2D eigenvalue weighted by Gasteiger charge is -2.34. The van der Waals surface area contributed by atoms with Crippen LogP contribution in [-0.4, -0.2) is 48.3 Å². The van der Waals surface area contributed by atoms with Crippen molar-refractivity contribution in [3.63, 3.8) is 0 Å². The smallest absolute Gasteiger partial charge is 0.255 e. The Kier molecular flexibility index (Phi) is 4.31. The average Bonchev–Trinajstić information content (AvgIpc) is 2.41. The molecule has 0 aromatic heterocycles. The van der Waals surface area contributed by atoms with Crippen molar-refractivity contribution >= 4 is 21.8 Å². The minimum absolute atomic E-state index is 0.151. The van der Waals surface area contributed by atoms with E-state index in [0.717, 1.165) is 0 Å². The first-order chi connectivity index (χ1) is 8.65. The number of carbonyl (C=O) groups excluding carboxylic acids is 1. The van der Waals surface area contributed by atoms with Crippen LogP contribution in [0.1, 0.15) is 10.4 Å². The number of hydrogen-bond acceptors (Lipinski definition) is 3. The SMILES string of the molecule is O=C(c1cccc(F)c1Br)N1CCOCC1CO. The molecular weight excluding hydrogens is 305 g/mol. The Hall–Kier alpha value is -0.980. The van der Waals surface area contributed by atoms with Gasteiger partial charge in [-0.1, -0.05) is 6.07 Å². The highest BCUT2D eigenvalue weighted by Gasteiger charge is 2.28. The van der Waals surface area contributed by atoms with Gasteiger partial charge >= 0.3 is 0 Å². The molecule has 4 nitrogen and oxygen atoms in total. The van der Waals surface area contributed by atoms with Crippen LogP contribution in [0.3, 0.4) is 0 Å². The molecule has 18 heavy (non-hydrogen) atoms. The maximum atomic E-state index is 13.4. The number of morpholine rings is 1. The third kappa shape index (κ3) is 2.55. The number of nitrogens with zero attached hydrogens (tertiary/aromatic N) is 1. The van der Waals surface area contributed by atoms with Crippen molar-refractivity contribution in [2.45, 2.75) is 6.04 Å². The van der Waals surface area contributed by atoms with E-state index in [1.165, 1.54) is 17.0 Å². The van der Waals surface area contributed by atoms with E-state index in [1.807, 2.05) is 0 Å². The lowest BCUT2D eigenvalue weighted by Crippen LogP contribution is -2.50. The number of carbonyl (C=O) groups is 1. The van der Waals surface area contributed by atoms with Gasteiger partial charge in [-0.15, -0.1) is 0 Å². The molecule has 0 aliphatic carbocycles. The van der Waals surface area contributed by atoms with Gasteiger partial charge in [0.05, 0.1) is 35.9 Å². The van der Waals surface area contributed by atoms with Crippen LogP contribution in [-0.2, 0) is 4.74 Å². The summed E-state index contributed by atoms with van der Waals surface area (Å²) in [5.41, 5.74) is 0.260. The molecule has 2 rings (SSSR count). The highest BCUT2D eigenvalue weighted by atomic mass is 79.9. The number of rotatable bonds is 2. The molecule has 1 amide bonds. The topological polar surface area (TPSA) is 49.8 Å². The van der Waals surface area contributed by atoms with Crippen LogP contribution < -0.4 is 0 Å². The Morgan fingerprint density at radius 2 is 2.39 bits per heavy atom. The van der Waals surface area contributed by atoms with Crippen LogP contribution >= 0.6 is 15.9 Å². The van der Waals surface area contributed by atoms with Crippen molar-refractivity contribution in [2.24, 2.45) is 0 Å². The number of aliphatic hydroxyl groups is 1. The summed E-state index contributed by atoms with van der Waals surface area (Å²) in [5, 5.41) is 9.22. The third-order valence-corrected chi connectivity index (χ3v) is 3.69. The molecule has 6 heteroatoms. The summed E-state index contributed by atoms with van der Waals surface area (Å²) in [6.45, 7) is 0.954. The number of aliphatic hydroxyl groups excluding tert-OH is 1. The van der Waals surface area contributed by atoms with Crippen LogP contribution in [0.15, 0.2) is 22.7 Å². The molecular formula is C12H13BrFNO3. The van der Waals surface area contributed by atoms with E-state index in [2.05, 4.69) is 15.9 Å². The fourth-order valence-electron chi connectivity index (χ4n) is 1.90. The Labute approximate surface area is 112 Å². The largest absolute Gasteiger partial charge is 0.394 e. The second kappa shape index (κ2) is 5.77. The molecule has 0 radical (unpaired) electrons. The fraction of sp³-hybridized carbons (Fsp3) is 0.417. The zero-order valence-electron chi connectivity index (χ0n) is 9.60. The molecule has 1 aliphatic heterocycles. The second-order valence-electron chi connectivity index (χ2n) is 4.01.